The summed E-state index contributed by atoms with van der Waals surface area (Å²) >= 11 is 0. The molecule has 0 amide bonds. The normalized spacial score (nSPS) is 20.5. The molecule has 3 unspecified atom stereocenters. The highest BCUT2D eigenvalue weighted by molar-refractivity contribution is 5.39. The number of fused-ring (bicyclic) bond motifs is 1. The summed E-state index contributed by atoms with van der Waals surface area (Å²) in [5, 5.41) is 3.62. The van der Waals surface area contributed by atoms with Crippen LogP contribution in [0.15, 0.2) is 24.3 Å². The second-order valence-corrected chi connectivity index (χ2v) is 5.40. The molecule has 0 spiro atoms. The third kappa shape index (κ3) is 3.37. The highest BCUT2D eigenvalue weighted by Crippen LogP contribution is 2.38. The van der Waals surface area contributed by atoms with Crippen LogP contribution in [0.1, 0.15) is 50.7 Å². The average Bonchev–Trinajstić information content (AvgIpc) is 2.41. The number of nitrogens with one attached hydrogen (secondary N) is 1. The van der Waals surface area contributed by atoms with E-state index in [0.717, 1.165) is 25.5 Å². The van der Waals surface area contributed by atoms with Gasteiger partial charge in [-0.05, 0) is 49.8 Å². The molecule has 1 aliphatic rings. The maximum Gasteiger partial charge on any atom is 0.0725 e. The van der Waals surface area contributed by atoms with Gasteiger partial charge in [0.15, 0.2) is 0 Å². The van der Waals surface area contributed by atoms with E-state index in [9.17, 15) is 0 Å². The van der Waals surface area contributed by atoms with Crippen LogP contribution < -0.4 is 5.32 Å². The second kappa shape index (κ2) is 7.06. The van der Waals surface area contributed by atoms with Crippen molar-refractivity contribution in [2.75, 3.05) is 13.2 Å². The Bertz CT molecular complexity index is 391. The van der Waals surface area contributed by atoms with Crippen LogP contribution in [0.25, 0.3) is 0 Å². The molecule has 0 fully saturated rings. The maximum atomic E-state index is 5.90. The second-order valence-electron chi connectivity index (χ2n) is 5.40. The first-order chi connectivity index (χ1) is 9.30. The monoisotopic (exact) mass is 261 g/mol. The number of hydrogen-bond acceptors (Lipinski definition) is 2. The van der Waals surface area contributed by atoms with Crippen molar-refractivity contribution < 1.29 is 4.74 Å². The maximum absolute atomic E-state index is 5.90. The summed E-state index contributed by atoms with van der Waals surface area (Å²) in [6.45, 7) is 8.31. The fourth-order valence-electron chi connectivity index (χ4n) is 3.24. The molecule has 1 aromatic rings. The molecule has 106 valence electrons. The first kappa shape index (κ1) is 14.5. The minimum atomic E-state index is 0.345. The first-order valence-electron chi connectivity index (χ1n) is 7.72. The molecule has 1 aliphatic carbocycles. The van der Waals surface area contributed by atoms with Gasteiger partial charge in [-0.15, -0.1) is 0 Å². The van der Waals surface area contributed by atoms with Crippen molar-refractivity contribution in [2.24, 2.45) is 0 Å². The van der Waals surface area contributed by atoms with E-state index in [0.29, 0.717) is 12.1 Å². The lowest BCUT2D eigenvalue weighted by atomic mass is 9.74. The Morgan fingerprint density at radius 2 is 2.05 bits per heavy atom. The van der Waals surface area contributed by atoms with Crippen molar-refractivity contribution in [3.8, 4) is 0 Å². The van der Waals surface area contributed by atoms with Gasteiger partial charge < -0.3 is 10.1 Å². The van der Waals surface area contributed by atoms with E-state index in [1.54, 1.807) is 5.56 Å². The standard InChI is InChI=1S/C17H27NO/c1-4-17(19-6-3)16(18-5-2)12-14-11-13-9-7-8-10-15(13)14/h7-10,14,16-18H,4-6,11-12H2,1-3H3. The molecule has 1 aromatic carbocycles. The molecule has 0 radical (unpaired) electrons. The number of rotatable bonds is 8. The quantitative estimate of drug-likeness (QED) is 0.773. The van der Waals surface area contributed by atoms with E-state index in [-0.39, 0.29) is 0 Å². The van der Waals surface area contributed by atoms with Crippen LogP contribution in [-0.2, 0) is 11.2 Å². The lowest BCUT2D eigenvalue weighted by molar-refractivity contribution is 0.0276. The Balaban J connectivity index is 1.98. The zero-order valence-electron chi connectivity index (χ0n) is 12.5. The zero-order valence-corrected chi connectivity index (χ0v) is 12.5. The van der Waals surface area contributed by atoms with Crippen LogP contribution >= 0.6 is 0 Å². The number of benzene rings is 1. The highest BCUT2D eigenvalue weighted by Gasteiger charge is 2.30. The van der Waals surface area contributed by atoms with E-state index in [1.807, 2.05) is 0 Å². The molecular weight excluding hydrogens is 234 g/mol. The van der Waals surface area contributed by atoms with Crippen molar-refractivity contribution in [3.05, 3.63) is 35.4 Å². The van der Waals surface area contributed by atoms with E-state index >= 15 is 0 Å². The van der Waals surface area contributed by atoms with Gasteiger partial charge in [0, 0.05) is 12.6 Å². The van der Waals surface area contributed by atoms with Crippen LogP contribution in [0, 0.1) is 0 Å². The third-order valence-corrected chi connectivity index (χ3v) is 4.20. The number of likely N-dealkylation sites (N-methyl/N-ethyl adjacent to an activating group) is 1. The van der Waals surface area contributed by atoms with Crippen molar-refractivity contribution in [1.82, 2.24) is 5.32 Å². The van der Waals surface area contributed by atoms with Gasteiger partial charge in [0.05, 0.1) is 6.10 Å². The Hall–Kier alpha value is -0.860. The predicted molar refractivity (Wildman–Crippen MR) is 80.7 cm³/mol. The van der Waals surface area contributed by atoms with Crippen LogP contribution in [0.2, 0.25) is 0 Å². The smallest absolute Gasteiger partial charge is 0.0725 e. The molecule has 0 saturated heterocycles. The van der Waals surface area contributed by atoms with Gasteiger partial charge in [-0.3, -0.25) is 0 Å². The van der Waals surface area contributed by atoms with E-state index < -0.39 is 0 Å². The lowest BCUT2D eigenvalue weighted by Crippen LogP contribution is -2.43. The molecule has 0 aromatic heterocycles. The Morgan fingerprint density at radius 3 is 2.68 bits per heavy atom. The number of ether oxygens (including phenoxy) is 1. The van der Waals surface area contributed by atoms with Crippen molar-refractivity contribution in [2.45, 2.75) is 58.1 Å². The van der Waals surface area contributed by atoms with Crippen LogP contribution in [0.4, 0.5) is 0 Å². The highest BCUT2D eigenvalue weighted by atomic mass is 16.5. The van der Waals surface area contributed by atoms with Crippen LogP contribution in [-0.4, -0.2) is 25.3 Å². The van der Waals surface area contributed by atoms with E-state index in [1.165, 1.54) is 18.4 Å². The molecule has 0 bridgehead atoms. The van der Waals surface area contributed by atoms with Gasteiger partial charge in [-0.2, -0.15) is 0 Å². The van der Waals surface area contributed by atoms with Gasteiger partial charge >= 0.3 is 0 Å². The molecule has 2 heteroatoms. The molecule has 2 rings (SSSR count). The van der Waals surface area contributed by atoms with Gasteiger partial charge in [0.1, 0.15) is 0 Å². The van der Waals surface area contributed by atoms with Gasteiger partial charge in [-0.25, -0.2) is 0 Å². The van der Waals surface area contributed by atoms with Crippen LogP contribution in [0.5, 0.6) is 0 Å². The predicted octanol–water partition coefficient (Wildman–Crippen LogP) is 3.51. The van der Waals surface area contributed by atoms with Gasteiger partial charge in [0.25, 0.3) is 0 Å². The van der Waals surface area contributed by atoms with Gasteiger partial charge in [0.2, 0.25) is 0 Å². The lowest BCUT2D eigenvalue weighted by Gasteiger charge is -2.36. The molecule has 0 aliphatic heterocycles. The minimum absolute atomic E-state index is 0.345. The van der Waals surface area contributed by atoms with E-state index in [2.05, 4.69) is 50.4 Å². The summed E-state index contributed by atoms with van der Waals surface area (Å²) < 4.78 is 5.90. The largest absolute Gasteiger partial charge is 0.377 e. The van der Waals surface area contributed by atoms with Crippen molar-refractivity contribution in [1.29, 1.82) is 0 Å². The summed E-state index contributed by atoms with van der Waals surface area (Å²) in [5.74, 6) is 0.717. The summed E-state index contributed by atoms with van der Waals surface area (Å²) in [6.07, 6.45) is 3.86. The van der Waals surface area contributed by atoms with Gasteiger partial charge in [-0.1, -0.05) is 38.1 Å². The summed E-state index contributed by atoms with van der Waals surface area (Å²) in [6, 6.07) is 9.33. The fourth-order valence-corrected chi connectivity index (χ4v) is 3.24. The topological polar surface area (TPSA) is 21.3 Å². The molecule has 19 heavy (non-hydrogen) atoms. The molecule has 2 nitrogen and oxygen atoms in total. The van der Waals surface area contributed by atoms with Crippen molar-refractivity contribution >= 4 is 0 Å². The van der Waals surface area contributed by atoms with Crippen molar-refractivity contribution in [3.63, 3.8) is 0 Å². The molecule has 0 heterocycles. The Labute approximate surface area is 117 Å². The minimum Gasteiger partial charge on any atom is -0.377 e. The Morgan fingerprint density at radius 1 is 1.26 bits per heavy atom. The molecular formula is C17H27NO. The summed E-state index contributed by atoms with van der Waals surface area (Å²) in [5.41, 5.74) is 3.09. The molecule has 0 saturated carbocycles. The summed E-state index contributed by atoms with van der Waals surface area (Å²) in [7, 11) is 0. The summed E-state index contributed by atoms with van der Waals surface area (Å²) in [4.78, 5) is 0. The molecule has 3 atom stereocenters. The zero-order chi connectivity index (χ0) is 13.7. The first-order valence-corrected chi connectivity index (χ1v) is 7.72. The van der Waals surface area contributed by atoms with Crippen LogP contribution in [0.3, 0.4) is 0 Å². The average molecular weight is 261 g/mol. The fraction of sp³-hybridized carbons (Fsp3) is 0.647. The SMILES string of the molecule is CCNC(CC1Cc2ccccc21)C(CC)OCC. The number of hydrogen-bond donors (Lipinski definition) is 1. The Kier molecular flexibility index (Phi) is 5.41. The third-order valence-electron chi connectivity index (χ3n) is 4.20. The van der Waals surface area contributed by atoms with E-state index in [4.69, 9.17) is 4.74 Å². The molecule has 1 N–H and O–H groups in total.